The van der Waals surface area contributed by atoms with Crippen molar-refractivity contribution in [1.29, 1.82) is 0 Å². The zero-order chi connectivity index (χ0) is 21.1. The molecular formula is C19H29N3O5S2. The molecule has 0 unspecified atom stereocenters. The molecule has 0 atom stereocenters. The lowest BCUT2D eigenvalue weighted by molar-refractivity contribution is -0.126. The topological polar surface area (TPSA) is 104 Å². The van der Waals surface area contributed by atoms with E-state index < -0.39 is 20.0 Å². The number of rotatable bonds is 6. The number of sulfonamides is 2. The Labute approximate surface area is 173 Å². The summed E-state index contributed by atoms with van der Waals surface area (Å²) in [6.07, 6.45) is 5.05. The minimum atomic E-state index is -3.45. The summed E-state index contributed by atoms with van der Waals surface area (Å²) in [6, 6.07) is 6.64. The van der Waals surface area contributed by atoms with Crippen molar-refractivity contribution in [3.05, 3.63) is 29.8 Å². The summed E-state index contributed by atoms with van der Waals surface area (Å²) in [6.45, 7) is 2.17. The molecule has 0 spiro atoms. The third-order valence-corrected chi connectivity index (χ3v) is 8.85. The van der Waals surface area contributed by atoms with Crippen molar-refractivity contribution in [3.8, 4) is 0 Å². The first-order valence-electron chi connectivity index (χ1n) is 10.00. The first kappa shape index (κ1) is 22.2. The van der Waals surface area contributed by atoms with Crippen LogP contribution in [0.4, 0.5) is 0 Å². The summed E-state index contributed by atoms with van der Waals surface area (Å²) in [5.41, 5.74) is 0.824. The molecule has 162 valence electrons. The highest BCUT2D eigenvalue weighted by Gasteiger charge is 2.29. The van der Waals surface area contributed by atoms with Gasteiger partial charge in [0.15, 0.2) is 0 Å². The molecule has 1 amide bonds. The van der Waals surface area contributed by atoms with Crippen molar-refractivity contribution in [2.24, 2.45) is 5.92 Å². The molecule has 0 radical (unpaired) electrons. The van der Waals surface area contributed by atoms with E-state index in [0.717, 1.165) is 24.8 Å². The van der Waals surface area contributed by atoms with Gasteiger partial charge in [0.1, 0.15) is 0 Å². The largest absolute Gasteiger partial charge is 0.352 e. The Hall–Kier alpha value is -1.49. The Morgan fingerprint density at radius 3 is 2.07 bits per heavy atom. The molecule has 2 saturated heterocycles. The highest BCUT2D eigenvalue weighted by atomic mass is 32.2. The summed E-state index contributed by atoms with van der Waals surface area (Å²) >= 11 is 0. The van der Waals surface area contributed by atoms with E-state index in [1.54, 1.807) is 24.3 Å². The average molecular weight is 444 g/mol. The van der Waals surface area contributed by atoms with Gasteiger partial charge in [-0.3, -0.25) is 4.79 Å². The van der Waals surface area contributed by atoms with E-state index in [0.29, 0.717) is 45.6 Å². The van der Waals surface area contributed by atoms with Gasteiger partial charge in [0.05, 0.1) is 11.2 Å². The number of benzene rings is 1. The second-order valence-electron chi connectivity index (χ2n) is 7.76. The molecule has 2 aliphatic heterocycles. The van der Waals surface area contributed by atoms with Crippen LogP contribution >= 0.6 is 0 Å². The van der Waals surface area contributed by atoms with Crippen LogP contribution in [0.5, 0.6) is 0 Å². The van der Waals surface area contributed by atoms with Gasteiger partial charge in [0.25, 0.3) is 0 Å². The van der Waals surface area contributed by atoms with Crippen LogP contribution in [0.25, 0.3) is 0 Å². The van der Waals surface area contributed by atoms with Crippen LogP contribution < -0.4 is 5.32 Å². The zero-order valence-electron chi connectivity index (χ0n) is 16.7. The van der Waals surface area contributed by atoms with Gasteiger partial charge < -0.3 is 5.32 Å². The van der Waals surface area contributed by atoms with Crippen molar-refractivity contribution in [1.82, 2.24) is 13.9 Å². The fraction of sp³-hybridized carbons (Fsp3) is 0.632. The average Bonchev–Trinajstić information content (AvgIpc) is 2.72. The Kier molecular flexibility index (Phi) is 6.98. The van der Waals surface area contributed by atoms with Crippen molar-refractivity contribution in [2.45, 2.75) is 43.5 Å². The first-order chi connectivity index (χ1) is 13.7. The SMILES string of the molecule is CS(=O)(=O)N1CCC(C(=O)NCc2ccc(S(=O)(=O)N3CCCCC3)cc2)CC1. The molecule has 29 heavy (non-hydrogen) atoms. The standard InChI is InChI=1S/C19H29N3O5S2/c1-28(24,25)21-13-9-17(10-14-21)19(23)20-15-16-5-7-18(8-6-16)29(26,27)22-11-3-2-4-12-22/h5-8,17H,2-4,9-15H2,1H3,(H,20,23). The second-order valence-corrected chi connectivity index (χ2v) is 11.7. The van der Waals surface area contributed by atoms with E-state index in [-0.39, 0.29) is 16.7 Å². The molecule has 0 saturated carbocycles. The third-order valence-electron chi connectivity index (χ3n) is 5.64. The number of amides is 1. The third kappa shape index (κ3) is 5.56. The number of hydrogen-bond acceptors (Lipinski definition) is 5. The minimum Gasteiger partial charge on any atom is -0.352 e. The normalized spacial score (nSPS) is 20.4. The van der Waals surface area contributed by atoms with E-state index in [9.17, 15) is 21.6 Å². The predicted octanol–water partition coefficient (Wildman–Crippen LogP) is 1.15. The molecule has 3 rings (SSSR count). The molecule has 8 nitrogen and oxygen atoms in total. The number of hydrogen-bond donors (Lipinski definition) is 1. The number of piperidine rings is 2. The summed E-state index contributed by atoms with van der Waals surface area (Å²) in [4.78, 5) is 12.7. The molecule has 1 aromatic carbocycles. The molecule has 0 bridgehead atoms. The van der Waals surface area contributed by atoms with Crippen molar-refractivity contribution in [3.63, 3.8) is 0 Å². The van der Waals surface area contributed by atoms with Gasteiger partial charge in [-0.15, -0.1) is 0 Å². The maximum absolute atomic E-state index is 12.7. The number of nitrogens with zero attached hydrogens (tertiary/aromatic N) is 2. The zero-order valence-corrected chi connectivity index (χ0v) is 18.3. The van der Waals surface area contributed by atoms with Gasteiger partial charge >= 0.3 is 0 Å². The molecule has 2 aliphatic rings. The Morgan fingerprint density at radius 2 is 1.52 bits per heavy atom. The van der Waals surface area contributed by atoms with Gasteiger partial charge in [-0.25, -0.2) is 21.1 Å². The highest BCUT2D eigenvalue weighted by Crippen LogP contribution is 2.22. The summed E-state index contributed by atoms with van der Waals surface area (Å²) in [5, 5.41) is 2.88. The highest BCUT2D eigenvalue weighted by molar-refractivity contribution is 7.89. The monoisotopic (exact) mass is 443 g/mol. The predicted molar refractivity (Wildman–Crippen MR) is 110 cm³/mol. The molecule has 2 heterocycles. The van der Waals surface area contributed by atoms with Gasteiger partial charge in [-0.1, -0.05) is 18.6 Å². The second kappa shape index (κ2) is 9.11. The van der Waals surface area contributed by atoms with Crippen LogP contribution in [0.1, 0.15) is 37.7 Å². The Morgan fingerprint density at radius 1 is 0.931 bits per heavy atom. The molecule has 1 aromatic rings. The van der Waals surface area contributed by atoms with Gasteiger partial charge in [-0.05, 0) is 43.4 Å². The number of carbonyl (C=O) groups is 1. The van der Waals surface area contributed by atoms with Crippen molar-refractivity contribution in [2.75, 3.05) is 32.4 Å². The van der Waals surface area contributed by atoms with E-state index >= 15 is 0 Å². The maximum atomic E-state index is 12.7. The summed E-state index contributed by atoms with van der Waals surface area (Å²) < 4.78 is 51.4. The van der Waals surface area contributed by atoms with Crippen molar-refractivity contribution >= 4 is 26.0 Å². The van der Waals surface area contributed by atoms with E-state index in [1.807, 2.05) is 0 Å². The summed E-state index contributed by atoms with van der Waals surface area (Å²) in [7, 11) is -6.66. The van der Waals surface area contributed by atoms with Crippen LogP contribution in [0.2, 0.25) is 0 Å². The Balaban J connectivity index is 1.52. The van der Waals surface area contributed by atoms with Gasteiger partial charge in [-0.2, -0.15) is 4.31 Å². The molecule has 0 aromatic heterocycles. The van der Waals surface area contributed by atoms with E-state index in [4.69, 9.17) is 0 Å². The first-order valence-corrected chi connectivity index (χ1v) is 13.3. The fourth-order valence-electron chi connectivity index (χ4n) is 3.82. The molecule has 1 N–H and O–H groups in total. The van der Waals surface area contributed by atoms with E-state index in [2.05, 4.69) is 5.32 Å². The smallest absolute Gasteiger partial charge is 0.243 e. The van der Waals surface area contributed by atoms with Gasteiger partial charge in [0.2, 0.25) is 26.0 Å². The maximum Gasteiger partial charge on any atom is 0.243 e. The lowest BCUT2D eigenvalue weighted by Crippen LogP contribution is -2.42. The van der Waals surface area contributed by atoms with E-state index in [1.165, 1.54) is 14.9 Å². The lowest BCUT2D eigenvalue weighted by atomic mass is 9.97. The van der Waals surface area contributed by atoms with Crippen LogP contribution in [-0.4, -0.2) is 63.8 Å². The van der Waals surface area contributed by atoms with Crippen molar-refractivity contribution < 1.29 is 21.6 Å². The number of nitrogens with one attached hydrogen (secondary N) is 1. The fourth-order valence-corrected chi connectivity index (χ4v) is 6.21. The molecule has 10 heteroatoms. The molecule has 0 aliphatic carbocycles. The van der Waals surface area contributed by atoms with Crippen LogP contribution in [0.3, 0.4) is 0 Å². The quantitative estimate of drug-likeness (QED) is 0.710. The summed E-state index contributed by atoms with van der Waals surface area (Å²) in [5.74, 6) is -0.296. The van der Waals surface area contributed by atoms with Crippen LogP contribution in [0.15, 0.2) is 29.2 Å². The molecule has 2 fully saturated rings. The van der Waals surface area contributed by atoms with Crippen LogP contribution in [0, 0.1) is 5.92 Å². The number of carbonyl (C=O) groups excluding carboxylic acids is 1. The minimum absolute atomic E-state index is 0.0943. The van der Waals surface area contributed by atoms with Crippen LogP contribution in [-0.2, 0) is 31.4 Å². The lowest BCUT2D eigenvalue weighted by Gasteiger charge is -2.29. The molecular weight excluding hydrogens is 414 g/mol. The Bertz CT molecular complexity index is 915. The van der Waals surface area contributed by atoms with Gasteiger partial charge in [0, 0.05) is 38.6 Å².